The molecule has 3 aromatic rings. The minimum Gasteiger partial charge on any atom is -0.484 e. The first-order chi connectivity index (χ1) is 15.5. The van der Waals surface area contributed by atoms with Crippen LogP contribution >= 0.6 is 0 Å². The largest absolute Gasteiger partial charge is 0.484 e. The third kappa shape index (κ3) is 3.58. The number of benzene rings is 2. The van der Waals surface area contributed by atoms with E-state index in [9.17, 15) is 9.59 Å². The third-order valence-corrected chi connectivity index (χ3v) is 11.8. The van der Waals surface area contributed by atoms with Gasteiger partial charge in [0.05, 0.1) is 17.4 Å². The van der Waals surface area contributed by atoms with E-state index in [1.54, 1.807) is 6.07 Å². The number of esters is 1. The van der Waals surface area contributed by atoms with Crippen molar-refractivity contribution >= 4 is 36.0 Å². The lowest BCUT2D eigenvalue weighted by molar-refractivity contribution is -0.141. The monoisotopic (exact) mass is 466 g/mol. The fourth-order valence-corrected chi connectivity index (χ4v) is 6.11. The molecule has 0 radical (unpaired) electrons. The molecule has 3 atom stereocenters. The van der Waals surface area contributed by atoms with E-state index in [4.69, 9.17) is 18.3 Å². The molecule has 0 bridgehead atoms. The van der Waals surface area contributed by atoms with Crippen molar-refractivity contribution < 1.29 is 23.1 Å². The van der Waals surface area contributed by atoms with Gasteiger partial charge in [-0.2, -0.15) is 0 Å². The molecule has 6 nitrogen and oxygen atoms in total. The summed E-state index contributed by atoms with van der Waals surface area (Å²) in [6.45, 7) is 13.1. The van der Waals surface area contributed by atoms with Crippen molar-refractivity contribution in [3.63, 3.8) is 0 Å². The second-order valence-electron chi connectivity index (χ2n) is 10.7. The Morgan fingerprint density at radius 3 is 2.52 bits per heavy atom. The van der Waals surface area contributed by atoms with Crippen LogP contribution in [-0.2, 0) is 20.4 Å². The molecular weight excluding hydrogens is 436 g/mol. The number of rotatable bonds is 4. The van der Waals surface area contributed by atoms with E-state index in [0.717, 1.165) is 10.8 Å². The number of carbonyl (C=O) groups is 1. The number of hydrogen-bond acceptors (Lipinski definition) is 6. The summed E-state index contributed by atoms with van der Waals surface area (Å²) in [5, 5.41) is 2.20. The molecule has 7 heteroatoms. The number of fused-ring (bicyclic) bond motifs is 8. The van der Waals surface area contributed by atoms with Gasteiger partial charge in [-0.05, 0) is 25.1 Å². The zero-order valence-corrected chi connectivity index (χ0v) is 21.0. The maximum atomic E-state index is 13.4. The minimum atomic E-state index is -1.95. The Morgan fingerprint density at radius 2 is 1.82 bits per heavy atom. The Morgan fingerprint density at radius 1 is 1.12 bits per heavy atom. The van der Waals surface area contributed by atoms with Gasteiger partial charge < -0.3 is 18.3 Å². The fraction of sp³-hybridized carbons (Fsp3) is 0.462. The van der Waals surface area contributed by atoms with E-state index in [2.05, 4.69) is 33.9 Å². The van der Waals surface area contributed by atoms with Crippen LogP contribution in [0, 0.1) is 0 Å². The summed E-state index contributed by atoms with van der Waals surface area (Å²) in [5.74, 6) is 0.896. The lowest BCUT2D eigenvalue weighted by atomic mass is 9.96. The highest BCUT2D eigenvalue weighted by Gasteiger charge is 2.47. The molecule has 1 aromatic heterocycles. The van der Waals surface area contributed by atoms with Crippen molar-refractivity contribution in [2.45, 2.75) is 77.0 Å². The summed E-state index contributed by atoms with van der Waals surface area (Å²) in [6.07, 6.45) is -0.384. The maximum absolute atomic E-state index is 13.4. The molecule has 174 valence electrons. The van der Waals surface area contributed by atoms with Gasteiger partial charge in [0, 0.05) is 29.4 Å². The van der Waals surface area contributed by atoms with Gasteiger partial charge in [-0.15, -0.1) is 0 Å². The molecule has 1 fully saturated rings. The predicted molar refractivity (Wildman–Crippen MR) is 129 cm³/mol. The second-order valence-corrected chi connectivity index (χ2v) is 15.5. The maximum Gasteiger partial charge on any atom is 0.310 e. The average molecular weight is 467 g/mol. The first-order valence-corrected chi connectivity index (χ1v) is 14.4. The minimum absolute atomic E-state index is 0.0873. The Balaban J connectivity index is 1.62. The number of hydrogen-bond donors (Lipinski definition) is 0. The van der Waals surface area contributed by atoms with Gasteiger partial charge in [-0.25, -0.2) is 0 Å². The molecule has 2 aliphatic rings. The molecule has 0 saturated carbocycles. The summed E-state index contributed by atoms with van der Waals surface area (Å²) in [4.78, 5) is 25.3. The fourth-order valence-electron chi connectivity index (χ4n) is 4.66. The van der Waals surface area contributed by atoms with Gasteiger partial charge in [0.2, 0.25) is 0 Å². The molecule has 1 saturated heterocycles. The Labute approximate surface area is 194 Å². The lowest BCUT2D eigenvalue weighted by Crippen LogP contribution is -2.43. The average Bonchev–Trinajstić information content (AvgIpc) is 3.23. The van der Waals surface area contributed by atoms with Crippen molar-refractivity contribution in [2.75, 3.05) is 0 Å². The van der Waals surface area contributed by atoms with Crippen LogP contribution in [0.5, 0.6) is 5.75 Å². The third-order valence-electron chi connectivity index (χ3n) is 7.24. The summed E-state index contributed by atoms with van der Waals surface area (Å²) in [5.41, 5.74) is 0.990. The van der Waals surface area contributed by atoms with Gasteiger partial charge in [0.15, 0.2) is 26.0 Å². The van der Waals surface area contributed by atoms with Gasteiger partial charge in [-0.3, -0.25) is 9.59 Å². The van der Waals surface area contributed by atoms with E-state index in [0.29, 0.717) is 34.5 Å². The quantitative estimate of drug-likeness (QED) is 0.281. The summed E-state index contributed by atoms with van der Waals surface area (Å²) in [6, 6.07) is 9.28. The summed E-state index contributed by atoms with van der Waals surface area (Å²) < 4.78 is 24.5. The first kappa shape index (κ1) is 22.2. The van der Waals surface area contributed by atoms with Crippen LogP contribution in [-0.4, -0.2) is 26.5 Å². The smallest absolute Gasteiger partial charge is 0.310 e. The summed E-state index contributed by atoms with van der Waals surface area (Å²) >= 11 is 0. The van der Waals surface area contributed by atoms with E-state index >= 15 is 0 Å². The highest BCUT2D eigenvalue weighted by molar-refractivity contribution is 6.74. The van der Waals surface area contributed by atoms with E-state index < -0.39 is 20.5 Å². The number of carbonyl (C=O) groups excluding carboxylic acids is 1. The zero-order chi connectivity index (χ0) is 23.7. The van der Waals surface area contributed by atoms with E-state index in [1.165, 1.54) is 0 Å². The van der Waals surface area contributed by atoms with Crippen LogP contribution in [0.3, 0.4) is 0 Å². The molecule has 0 amide bonds. The molecule has 0 spiro atoms. The van der Waals surface area contributed by atoms with Gasteiger partial charge in [-0.1, -0.05) is 45.0 Å². The van der Waals surface area contributed by atoms with Crippen LogP contribution in [0.4, 0.5) is 0 Å². The van der Waals surface area contributed by atoms with E-state index in [1.807, 2.05) is 31.2 Å². The van der Waals surface area contributed by atoms with Crippen LogP contribution < -0.4 is 10.2 Å². The molecule has 5 rings (SSSR count). The summed E-state index contributed by atoms with van der Waals surface area (Å²) in [7, 11) is -1.95. The Bertz CT molecular complexity index is 1330. The van der Waals surface area contributed by atoms with Crippen LogP contribution in [0.15, 0.2) is 39.5 Å². The molecule has 33 heavy (non-hydrogen) atoms. The first-order valence-electron chi connectivity index (χ1n) is 11.5. The topological polar surface area (TPSA) is 75.0 Å². The van der Waals surface area contributed by atoms with E-state index in [-0.39, 0.29) is 29.0 Å². The Hall–Kier alpha value is -2.64. The van der Waals surface area contributed by atoms with Crippen molar-refractivity contribution in [1.82, 2.24) is 0 Å². The molecule has 0 aliphatic carbocycles. The van der Waals surface area contributed by atoms with Gasteiger partial charge in [0.1, 0.15) is 17.1 Å². The van der Waals surface area contributed by atoms with Crippen LogP contribution in [0.2, 0.25) is 18.1 Å². The highest BCUT2D eigenvalue weighted by Crippen LogP contribution is 2.50. The van der Waals surface area contributed by atoms with Crippen molar-refractivity contribution in [3.05, 3.63) is 51.9 Å². The second kappa shape index (κ2) is 7.43. The molecule has 0 N–H and O–H groups in total. The van der Waals surface area contributed by atoms with Crippen LogP contribution in [0.1, 0.15) is 51.5 Å². The van der Waals surface area contributed by atoms with Crippen molar-refractivity contribution in [1.29, 1.82) is 0 Å². The van der Waals surface area contributed by atoms with Crippen molar-refractivity contribution in [3.8, 4) is 5.75 Å². The lowest BCUT2D eigenvalue weighted by Gasteiger charge is -2.38. The standard InChI is InChI=1S/C26H30O6Si/c1-14(32-33(5,6)26(2,3)4)11-15-12-18(27)21-22-24(30-19-13-20(28)31-25(19)22)17-10-8-7-9-16(17)23(21)29-15/h7-10,12,14,19,25H,11,13H2,1-6H3/t14-,19-,25+/m1/s1. The van der Waals surface area contributed by atoms with Crippen molar-refractivity contribution in [2.24, 2.45) is 0 Å². The normalized spacial score (nSPS) is 21.1. The molecular formula is C26H30O6Si. The van der Waals surface area contributed by atoms with Gasteiger partial charge in [0.25, 0.3) is 0 Å². The SMILES string of the molecule is C[C@H](Cc1cc(=O)c2c3c(c4ccccc4c2o1)O[C@@H]1CC(=O)O[C@H]31)O[Si](C)(C)C(C)(C)C. The zero-order valence-electron chi connectivity index (χ0n) is 20.0. The molecule has 2 aromatic carbocycles. The molecule has 0 unspecified atom stereocenters. The Kier molecular flexibility index (Phi) is 4.99. The number of ether oxygens (including phenoxy) is 2. The van der Waals surface area contributed by atoms with Gasteiger partial charge >= 0.3 is 5.97 Å². The predicted octanol–water partition coefficient (Wildman–Crippen LogP) is 5.65. The molecule has 3 heterocycles. The van der Waals surface area contributed by atoms with Crippen LogP contribution in [0.25, 0.3) is 21.7 Å². The molecule has 2 aliphatic heterocycles. The highest BCUT2D eigenvalue weighted by atomic mass is 28.4.